The minimum atomic E-state index is -0.781. The molecule has 0 N–H and O–H groups in total. The number of nitrogens with zero attached hydrogens (tertiary/aromatic N) is 5. The smallest absolute Gasteiger partial charge is 0.225 e. The molecule has 9 heteroatoms. The Hall–Kier alpha value is -2.49. The van der Waals surface area contributed by atoms with E-state index in [0.29, 0.717) is 18.9 Å². The number of hydrogen-bond acceptors (Lipinski definition) is 6. The van der Waals surface area contributed by atoms with Crippen molar-refractivity contribution in [3.8, 4) is 5.75 Å². The number of likely N-dealkylation sites (N-methyl/N-ethyl adjacent to an activating group) is 1. The Bertz CT molecular complexity index is 987. The van der Waals surface area contributed by atoms with Gasteiger partial charge in [-0.25, -0.2) is 4.39 Å². The van der Waals surface area contributed by atoms with E-state index in [2.05, 4.69) is 28.9 Å². The van der Waals surface area contributed by atoms with Crippen LogP contribution in [0, 0.1) is 19.7 Å². The van der Waals surface area contributed by atoms with Crippen molar-refractivity contribution in [1.82, 2.24) is 24.5 Å². The van der Waals surface area contributed by atoms with Crippen LogP contribution in [-0.4, -0.2) is 95.5 Å². The van der Waals surface area contributed by atoms with Gasteiger partial charge < -0.3 is 19.3 Å². The van der Waals surface area contributed by atoms with E-state index in [-0.39, 0.29) is 24.8 Å². The number of piperazine rings is 1. The molecule has 1 atom stereocenters. The molecule has 4 rings (SSSR count). The lowest BCUT2D eigenvalue weighted by Gasteiger charge is -2.43. The zero-order valence-electron chi connectivity index (χ0n) is 20.7. The second-order valence-corrected chi connectivity index (χ2v) is 9.62. The minimum Gasteiger partial charge on any atom is -0.491 e. The summed E-state index contributed by atoms with van der Waals surface area (Å²) in [5.74, 6) is 0.341. The first kappa shape index (κ1) is 24.6. The molecule has 0 aliphatic carbocycles. The molecule has 2 aliphatic heterocycles. The number of ether oxygens (including phenoxy) is 2. The van der Waals surface area contributed by atoms with Gasteiger partial charge in [0.2, 0.25) is 5.91 Å². The van der Waals surface area contributed by atoms with E-state index in [4.69, 9.17) is 9.47 Å². The average Bonchev–Trinajstić information content (AvgIpc) is 3.05. The number of halogens is 1. The molecular formula is C25H36FN5O3. The normalized spacial score (nSPS) is 22.2. The summed E-state index contributed by atoms with van der Waals surface area (Å²) in [4.78, 5) is 19.8. The highest BCUT2D eigenvalue weighted by atomic mass is 19.1. The lowest BCUT2D eigenvalue weighted by atomic mass is 9.96. The molecule has 0 unspecified atom stereocenters. The monoisotopic (exact) mass is 473 g/mol. The number of amides is 1. The summed E-state index contributed by atoms with van der Waals surface area (Å²) in [5.41, 5.74) is 2.60. The Morgan fingerprint density at radius 1 is 1.12 bits per heavy atom. The fourth-order valence-electron chi connectivity index (χ4n) is 4.76. The third-order valence-corrected chi connectivity index (χ3v) is 7.01. The van der Waals surface area contributed by atoms with Crippen LogP contribution in [0.1, 0.15) is 23.4 Å². The predicted octanol–water partition coefficient (Wildman–Crippen LogP) is 1.99. The van der Waals surface area contributed by atoms with E-state index in [9.17, 15) is 9.18 Å². The van der Waals surface area contributed by atoms with Gasteiger partial charge in [0.15, 0.2) is 0 Å². The Balaban J connectivity index is 1.50. The number of carbonyl (C=O) groups is 1. The summed E-state index contributed by atoms with van der Waals surface area (Å²) < 4.78 is 27.6. The van der Waals surface area contributed by atoms with E-state index in [1.165, 1.54) is 17.7 Å². The minimum absolute atomic E-state index is 0.0893. The predicted molar refractivity (Wildman–Crippen MR) is 127 cm³/mol. The summed E-state index contributed by atoms with van der Waals surface area (Å²) in [6.45, 7) is 10.1. The summed E-state index contributed by atoms with van der Waals surface area (Å²) in [5, 5.41) is 4.55. The molecule has 1 aromatic carbocycles. The molecule has 0 radical (unpaired) electrons. The molecule has 1 amide bonds. The van der Waals surface area contributed by atoms with Gasteiger partial charge in [-0.15, -0.1) is 0 Å². The third kappa shape index (κ3) is 5.76. The zero-order chi connectivity index (χ0) is 24.3. The van der Waals surface area contributed by atoms with Crippen LogP contribution in [-0.2, 0) is 23.1 Å². The zero-order valence-corrected chi connectivity index (χ0v) is 20.7. The van der Waals surface area contributed by atoms with Crippen molar-refractivity contribution in [3.63, 3.8) is 0 Å². The lowest BCUT2D eigenvalue weighted by Crippen LogP contribution is -2.58. The Morgan fingerprint density at radius 2 is 1.82 bits per heavy atom. The van der Waals surface area contributed by atoms with E-state index >= 15 is 0 Å². The standard InChI is InChI=1S/C25H36FN5O3/c1-19-23(20(2)29(4)27-19)16-30-13-14-34-25(17-30,18-33-22-7-5-21(26)6-8-22)15-24(32)31-11-9-28(3)10-12-31/h5-8H,9-18H2,1-4H3/t25-/m1/s1. The number of carbonyl (C=O) groups excluding carboxylic acids is 1. The number of hydrogen-bond donors (Lipinski definition) is 0. The number of aromatic nitrogens is 2. The van der Waals surface area contributed by atoms with Gasteiger partial charge in [0, 0.05) is 64.1 Å². The molecular weight excluding hydrogens is 437 g/mol. The molecule has 0 spiro atoms. The van der Waals surface area contributed by atoms with Gasteiger partial charge in [-0.1, -0.05) is 0 Å². The SMILES string of the molecule is Cc1nn(C)c(C)c1CN1CCO[C@](COc2ccc(F)cc2)(CC(=O)N2CCN(C)CC2)C1. The van der Waals surface area contributed by atoms with Crippen LogP contribution in [0.25, 0.3) is 0 Å². The van der Waals surface area contributed by atoms with E-state index in [0.717, 1.165) is 50.7 Å². The molecule has 0 saturated carbocycles. The first-order valence-electron chi connectivity index (χ1n) is 11.9. The second-order valence-electron chi connectivity index (χ2n) is 9.62. The van der Waals surface area contributed by atoms with Gasteiger partial charge in [-0.05, 0) is 45.2 Å². The van der Waals surface area contributed by atoms with Gasteiger partial charge in [-0.3, -0.25) is 14.4 Å². The molecule has 34 heavy (non-hydrogen) atoms. The van der Waals surface area contributed by atoms with Crippen LogP contribution in [0.3, 0.4) is 0 Å². The van der Waals surface area contributed by atoms with Crippen LogP contribution in [0.15, 0.2) is 24.3 Å². The highest BCUT2D eigenvalue weighted by molar-refractivity contribution is 5.77. The molecule has 2 aliphatic rings. The first-order chi connectivity index (χ1) is 16.2. The average molecular weight is 474 g/mol. The summed E-state index contributed by atoms with van der Waals surface area (Å²) in [6.07, 6.45) is 0.249. The van der Waals surface area contributed by atoms with Crippen LogP contribution < -0.4 is 4.74 Å². The summed E-state index contributed by atoms with van der Waals surface area (Å²) >= 11 is 0. The maximum atomic E-state index is 13.3. The fraction of sp³-hybridized carbons (Fsp3) is 0.600. The number of rotatable bonds is 7. The maximum absolute atomic E-state index is 13.3. The number of morpholine rings is 1. The van der Waals surface area contributed by atoms with Crippen LogP contribution in [0.4, 0.5) is 4.39 Å². The van der Waals surface area contributed by atoms with Crippen molar-refractivity contribution in [2.75, 3.05) is 59.5 Å². The van der Waals surface area contributed by atoms with Crippen molar-refractivity contribution >= 4 is 5.91 Å². The molecule has 0 bridgehead atoms. The molecule has 8 nitrogen and oxygen atoms in total. The van der Waals surface area contributed by atoms with Gasteiger partial charge >= 0.3 is 0 Å². The van der Waals surface area contributed by atoms with Crippen molar-refractivity contribution in [1.29, 1.82) is 0 Å². The van der Waals surface area contributed by atoms with Crippen molar-refractivity contribution in [2.45, 2.75) is 32.4 Å². The van der Waals surface area contributed by atoms with Crippen LogP contribution in [0.5, 0.6) is 5.75 Å². The summed E-state index contributed by atoms with van der Waals surface area (Å²) in [6, 6.07) is 5.96. The largest absolute Gasteiger partial charge is 0.491 e. The lowest BCUT2D eigenvalue weighted by molar-refractivity contribution is -0.158. The van der Waals surface area contributed by atoms with Crippen molar-refractivity contribution < 1.29 is 18.7 Å². The molecule has 3 heterocycles. The molecule has 1 aromatic heterocycles. The van der Waals surface area contributed by atoms with E-state index < -0.39 is 5.60 Å². The second kappa shape index (κ2) is 10.4. The van der Waals surface area contributed by atoms with Gasteiger partial charge in [0.1, 0.15) is 23.8 Å². The molecule has 186 valence electrons. The fourth-order valence-corrected chi connectivity index (χ4v) is 4.76. The van der Waals surface area contributed by atoms with Crippen LogP contribution in [0.2, 0.25) is 0 Å². The Kier molecular flexibility index (Phi) is 7.54. The van der Waals surface area contributed by atoms with Crippen molar-refractivity contribution in [2.24, 2.45) is 7.05 Å². The van der Waals surface area contributed by atoms with E-state index in [1.807, 2.05) is 23.6 Å². The van der Waals surface area contributed by atoms with E-state index in [1.54, 1.807) is 12.1 Å². The third-order valence-electron chi connectivity index (χ3n) is 7.01. The maximum Gasteiger partial charge on any atom is 0.225 e. The Labute approximate surface area is 201 Å². The van der Waals surface area contributed by atoms with Gasteiger partial charge in [-0.2, -0.15) is 5.10 Å². The molecule has 2 aromatic rings. The summed E-state index contributed by atoms with van der Waals surface area (Å²) in [7, 11) is 4.03. The highest BCUT2D eigenvalue weighted by Crippen LogP contribution is 2.27. The van der Waals surface area contributed by atoms with Crippen molar-refractivity contribution in [3.05, 3.63) is 47.0 Å². The number of aryl methyl sites for hydroxylation is 2. The first-order valence-corrected chi connectivity index (χ1v) is 11.9. The Morgan fingerprint density at radius 3 is 2.47 bits per heavy atom. The van der Waals surface area contributed by atoms with Gasteiger partial charge in [0.25, 0.3) is 0 Å². The van der Waals surface area contributed by atoms with Gasteiger partial charge in [0.05, 0.1) is 18.7 Å². The molecule has 2 fully saturated rings. The van der Waals surface area contributed by atoms with Crippen LogP contribution >= 0.6 is 0 Å². The molecule has 2 saturated heterocycles. The number of benzene rings is 1. The topological polar surface area (TPSA) is 63.1 Å². The highest BCUT2D eigenvalue weighted by Gasteiger charge is 2.41. The quantitative estimate of drug-likeness (QED) is 0.613.